The van der Waals surface area contributed by atoms with E-state index in [1.54, 1.807) is 0 Å². The number of benzene rings is 1. The number of nitrogens with two attached hydrogens (primary N) is 2. The molecule has 5 N–H and O–H groups in total. The normalized spacial score (nSPS) is 12.2. The second kappa shape index (κ2) is 6.41. The van der Waals surface area contributed by atoms with Gasteiger partial charge in [-0.25, -0.2) is 21.6 Å². The summed E-state index contributed by atoms with van der Waals surface area (Å²) in [4.78, 5) is 10.8. The third-order valence-electron chi connectivity index (χ3n) is 2.57. The fourth-order valence-corrected chi connectivity index (χ4v) is 3.42. The van der Waals surface area contributed by atoms with Crippen molar-refractivity contribution in [1.82, 2.24) is 4.72 Å². The molecule has 0 aliphatic heterocycles. The number of amides is 1. The lowest BCUT2D eigenvalue weighted by Crippen LogP contribution is -2.27. The van der Waals surface area contributed by atoms with Crippen molar-refractivity contribution in [1.29, 1.82) is 0 Å². The first-order valence-electron chi connectivity index (χ1n) is 5.89. The van der Waals surface area contributed by atoms with Crippen LogP contribution in [0.4, 0.5) is 5.69 Å². The molecule has 0 aromatic heterocycles. The molecule has 0 spiro atoms. The smallest absolute Gasteiger partial charge is 0.248 e. The van der Waals surface area contributed by atoms with E-state index >= 15 is 0 Å². The standard InChI is InChI=1S/C11H17N3O5S2/c1-20(16,17)6-2-5-14-21(18,19)10-4-3-8(11(13)15)7-9(10)12/h3-4,7,14H,2,5-6,12H2,1H3,(H2,13,15). The predicted molar refractivity (Wildman–Crippen MR) is 78.9 cm³/mol. The zero-order valence-electron chi connectivity index (χ0n) is 11.4. The highest BCUT2D eigenvalue weighted by Gasteiger charge is 2.18. The molecule has 1 amide bonds. The van der Waals surface area contributed by atoms with Gasteiger partial charge in [0.15, 0.2) is 0 Å². The maximum atomic E-state index is 12.0. The molecule has 0 radical (unpaired) electrons. The van der Waals surface area contributed by atoms with Crippen molar-refractivity contribution >= 4 is 31.5 Å². The van der Waals surface area contributed by atoms with Crippen LogP contribution in [0.5, 0.6) is 0 Å². The number of anilines is 1. The van der Waals surface area contributed by atoms with E-state index in [9.17, 15) is 21.6 Å². The molecular weight excluding hydrogens is 318 g/mol. The Morgan fingerprint density at radius 2 is 1.86 bits per heavy atom. The first-order chi connectivity index (χ1) is 9.53. The van der Waals surface area contributed by atoms with Crippen LogP contribution in [-0.4, -0.2) is 41.3 Å². The topological polar surface area (TPSA) is 149 Å². The highest BCUT2D eigenvalue weighted by atomic mass is 32.2. The van der Waals surface area contributed by atoms with Crippen molar-refractivity contribution in [3.63, 3.8) is 0 Å². The molecule has 0 saturated carbocycles. The number of hydrogen-bond acceptors (Lipinski definition) is 6. The molecular formula is C11H17N3O5S2. The van der Waals surface area contributed by atoms with Gasteiger partial charge in [-0.2, -0.15) is 0 Å². The minimum atomic E-state index is -3.87. The van der Waals surface area contributed by atoms with E-state index in [0.717, 1.165) is 6.26 Å². The molecule has 0 atom stereocenters. The van der Waals surface area contributed by atoms with Crippen molar-refractivity contribution in [3.05, 3.63) is 23.8 Å². The van der Waals surface area contributed by atoms with Crippen LogP contribution in [0.15, 0.2) is 23.1 Å². The average molecular weight is 335 g/mol. The van der Waals surface area contributed by atoms with Crippen LogP contribution in [0.25, 0.3) is 0 Å². The van der Waals surface area contributed by atoms with Gasteiger partial charge in [-0.1, -0.05) is 0 Å². The number of primary amides is 1. The van der Waals surface area contributed by atoms with Gasteiger partial charge in [0.25, 0.3) is 0 Å². The van der Waals surface area contributed by atoms with E-state index in [4.69, 9.17) is 11.5 Å². The minimum absolute atomic E-state index is 0.0353. The monoisotopic (exact) mass is 335 g/mol. The fraction of sp³-hybridized carbons (Fsp3) is 0.364. The summed E-state index contributed by atoms with van der Waals surface area (Å²) in [5.41, 5.74) is 10.7. The third kappa shape index (κ3) is 5.33. The van der Waals surface area contributed by atoms with Crippen molar-refractivity contribution in [3.8, 4) is 0 Å². The molecule has 0 heterocycles. The molecule has 0 saturated heterocycles. The molecule has 1 rings (SSSR count). The fourth-order valence-electron chi connectivity index (χ4n) is 1.57. The molecule has 0 aliphatic carbocycles. The van der Waals surface area contributed by atoms with Crippen LogP contribution < -0.4 is 16.2 Å². The Balaban J connectivity index is 2.81. The van der Waals surface area contributed by atoms with E-state index in [2.05, 4.69) is 4.72 Å². The molecule has 118 valence electrons. The Kier molecular flexibility index (Phi) is 5.31. The molecule has 0 bridgehead atoms. The summed E-state index contributed by atoms with van der Waals surface area (Å²) < 4.78 is 48.1. The van der Waals surface area contributed by atoms with Gasteiger partial charge in [-0.05, 0) is 24.6 Å². The van der Waals surface area contributed by atoms with Gasteiger partial charge in [-0.15, -0.1) is 0 Å². The maximum Gasteiger partial charge on any atom is 0.248 e. The number of carbonyl (C=O) groups is 1. The predicted octanol–water partition coefficient (Wildman–Crippen LogP) is -0.919. The van der Waals surface area contributed by atoms with Gasteiger partial charge >= 0.3 is 0 Å². The van der Waals surface area contributed by atoms with Gasteiger partial charge in [0, 0.05) is 18.4 Å². The second-order valence-corrected chi connectivity index (χ2v) is 8.49. The van der Waals surface area contributed by atoms with Crippen LogP contribution in [0, 0.1) is 0 Å². The van der Waals surface area contributed by atoms with Crippen LogP contribution >= 0.6 is 0 Å². The van der Waals surface area contributed by atoms with Gasteiger partial charge < -0.3 is 11.5 Å². The highest BCUT2D eigenvalue weighted by Crippen LogP contribution is 2.19. The number of sulfonamides is 1. The maximum absolute atomic E-state index is 12.0. The lowest BCUT2D eigenvalue weighted by molar-refractivity contribution is 0.1000. The van der Waals surface area contributed by atoms with Crippen molar-refractivity contribution < 1.29 is 21.6 Å². The minimum Gasteiger partial charge on any atom is -0.398 e. The quantitative estimate of drug-likeness (QED) is 0.433. The van der Waals surface area contributed by atoms with Gasteiger partial charge in [-0.3, -0.25) is 4.79 Å². The Hall–Kier alpha value is -1.65. The molecule has 0 unspecified atom stereocenters. The number of carbonyl (C=O) groups excluding carboxylic acids is 1. The zero-order chi connectivity index (χ0) is 16.3. The van der Waals surface area contributed by atoms with Crippen molar-refractivity contribution in [2.24, 2.45) is 5.73 Å². The SMILES string of the molecule is CS(=O)(=O)CCCNS(=O)(=O)c1ccc(C(N)=O)cc1N. The molecule has 0 fully saturated rings. The van der Waals surface area contributed by atoms with Gasteiger partial charge in [0.2, 0.25) is 15.9 Å². The van der Waals surface area contributed by atoms with E-state index in [1.807, 2.05) is 0 Å². The Bertz CT molecular complexity index is 741. The van der Waals surface area contributed by atoms with Crippen LogP contribution in [0.1, 0.15) is 16.8 Å². The largest absolute Gasteiger partial charge is 0.398 e. The van der Waals surface area contributed by atoms with Crippen molar-refractivity contribution in [2.45, 2.75) is 11.3 Å². The molecule has 8 nitrogen and oxygen atoms in total. The summed E-state index contributed by atoms with van der Waals surface area (Å²) in [6.07, 6.45) is 1.22. The second-order valence-electron chi connectivity index (χ2n) is 4.50. The van der Waals surface area contributed by atoms with Crippen LogP contribution in [-0.2, 0) is 19.9 Å². The molecule has 1 aromatic carbocycles. The molecule has 0 aliphatic rings. The Labute approximate surface area is 123 Å². The summed E-state index contributed by atoms with van der Waals surface area (Å²) >= 11 is 0. The van der Waals surface area contributed by atoms with E-state index in [-0.39, 0.29) is 34.9 Å². The first kappa shape index (κ1) is 17.4. The number of nitrogens with one attached hydrogen (secondary N) is 1. The summed E-state index contributed by atoms with van der Waals surface area (Å²) in [5, 5.41) is 0. The van der Waals surface area contributed by atoms with Crippen molar-refractivity contribution in [2.75, 3.05) is 24.3 Å². The summed E-state index contributed by atoms with van der Waals surface area (Å²) in [6.45, 7) is -0.0353. The van der Waals surface area contributed by atoms with E-state index < -0.39 is 25.8 Å². The number of nitrogen functional groups attached to an aromatic ring is 1. The molecule has 10 heteroatoms. The Morgan fingerprint density at radius 3 is 2.33 bits per heavy atom. The number of hydrogen-bond donors (Lipinski definition) is 3. The van der Waals surface area contributed by atoms with E-state index in [1.165, 1.54) is 18.2 Å². The lowest BCUT2D eigenvalue weighted by Gasteiger charge is -2.09. The number of rotatable bonds is 7. The van der Waals surface area contributed by atoms with Gasteiger partial charge in [0.1, 0.15) is 14.7 Å². The first-order valence-corrected chi connectivity index (χ1v) is 9.44. The molecule has 21 heavy (non-hydrogen) atoms. The van der Waals surface area contributed by atoms with Gasteiger partial charge in [0.05, 0.1) is 11.4 Å². The summed E-state index contributed by atoms with van der Waals surface area (Å²) in [5.74, 6) is -0.835. The molecule has 1 aromatic rings. The summed E-state index contributed by atoms with van der Waals surface area (Å²) in [6, 6.07) is 3.60. The summed E-state index contributed by atoms with van der Waals surface area (Å²) in [7, 11) is -7.01. The van der Waals surface area contributed by atoms with Crippen LogP contribution in [0.3, 0.4) is 0 Å². The van der Waals surface area contributed by atoms with Crippen LogP contribution in [0.2, 0.25) is 0 Å². The lowest BCUT2D eigenvalue weighted by atomic mass is 10.2. The Morgan fingerprint density at radius 1 is 1.24 bits per heavy atom. The number of sulfone groups is 1. The zero-order valence-corrected chi connectivity index (χ0v) is 13.0. The highest BCUT2D eigenvalue weighted by molar-refractivity contribution is 7.90. The van der Waals surface area contributed by atoms with E-state index in [0.29, 0.717) is 0 Å². The third-order valence-corrected chi connectivity index (χ3v) is 5.13. The average Bonchev–Trinajstić information content (AvgIpc) is 2.33.